The van der Waals surface area contributed by atoms with Gasteiger partial charge in [-0.15, -0.1) is 0 Å². The highest BCUT2D eigenvalue weighted by atomic mass is 16.4. The standard InChI is InChI=1S/C32H42N2O3.C26H32N2O2/c1-23(2)15-21-34-22-28(27-8-5-6-9-29(27)34)24-16-19-33(20-17-24)18-7-10-30(35)25-11-13-26(14-12-25)32(3,4)31(36)37;1-19(2)11-16-28-18-24(23-9-5-6-10-25(23)28)20-12-14-27(15-13-20)17-21-7-3-4-8-22(21)26(29)30/h5-6,8-9,11-14,22-24H,7,10,15-21H2,1-4H3,(H,36,37);3-10,18-20H,11-17H2,1-2H3,(H,29,30). The number of nitrogens with zero attached hydrogens (tertiary/aromatic N) is 4. The van der Waals surface area contributed by atoms with E-state index in [9.17, 15) is 24.6 Å². The molecule has 0 atom stereocenters. The van der Waals surface area contributed by atoms with Gasteiger partial charge < -0.3 is 24.2 Å². The molecule has 6 aromatic rings. The van der Waals surface area contributed by atoms with Crippen molar-refractivity contribution in [2.45, 2.75) is 130 Å². The molecule has 2 fully saturated rings. The fourth-order valence-corrected chi connectivity index (χ4v) is 10.1. The number of ketones is 1. The lowest BCUT2D eigenvalue weighted by atomic mass is 9.84. The van der Waals surface area contributed by atoms with E-state index in [1.165, 1.54) is 45.8 Å². The number of benzene rings is 4. The molecule has 0 spiro atoms. The van der Waals surface area contributed by atoms with Gasteiger partial charge in [-0.25, -0.2) is 4.79 Å². The average molecular weight is 907 g/mol. The minimum atomic E-state index is -0.962. The molecule has 9 nitrogen and oxygen atoms in total. The molecule has 4 heterocycles. The number of hydrogen-bond donors (Lipinski definition) is 2. The number of hydrogen-bond acceptors (Lipinski definition) is 5. The number of carboxylic acid groups (broad SMARTS) is 2. The van der Waals surface area contributed by atoms with Crippen molar-refractivity contribution < 1.29 is 24.6 Å². The van der Waals surface area contributed by atoms with Crippen LogP contribution in [0.15, 0.2) is 109 Å². The molecule has 2 aliphatic heterocycles. The van der Waals surface area contributed by atoms with Gasteiger partial charge in [-0.1, -0.05) is 107 Å². The van der Waals surface area contributed by atoms with Gasteiger partial charge in [0.15, 0.2) is 5.78 Å². The molecule has 356 valence electrons. The highest BCUT2D eigenvalue weighted by Crippen LogP contribution is 2.37. The Morgan fingerprint density at radius 1 is 0.612 bits per heavy atom. The van der Waals surface area contributed by atoms with Crippen LogP contribution in [-0.4, -0.2) is 79.6 Å². The van der Waals surface area contributed by atoms with Crippen LogP contribution in [0.5, 0.6) is 0 Å². The molecule has 0 bridgehead atoms. The lowest BCUT2D eigenvalue weighted by molar-refractivity contribution is -0.142. The van der Waals surface area contributed by atoms with Crippen molar-refractivity contribution in [3.05, 3.63) is 143 Å². The first-order chi connectivity index (χ1) is 32.2. The minimum Gasteiger partial charge on any atom is -0.481 e. The van der Waals surface area contributed by atoms with E-state index in [1.54, 1.807) is 50.2 Å². The van der Waals surface area contributed by atoms with Crippen molar-refractivity contribution in [3.8, 4) is 0 Å². The number of carbonyl (C=O) groups is 3. The summed E-state index contributed by atoms with van der Waals surface area (Å²) in [6, 6.07) is 32.1. The first-order valence-corrected chi connectivity index (χ1v) is 25.0. The average Bonchev–Trinajstić information content (AvgIpc) is 3.89. The third-order valence-corrected chi connectivity index (χ3v) is 14.6. The molecule has 0 aliphatic carbocycles. The zero-order chi connectivity index (χ0) is 47.7. The minimum absolute atomic E-state index is 0.128. The van der Waals surface area contributed by atoms with E-state index in [0.29, 0.717) is 53.3 Å². The van der Waals surface area contributed by atoms with Crippen LogP contribution in [0.25, 0.3) is 21.8 Å². The Balaban J connectivity index is 0.000000203. The number of piperidine rings is 2. The number of aromatic carboxylic acids is 1. The predicted molar refractivity (Wildman–Crippen MR) is 273 cm³/mol. The number of aliphatic carboxylic acids is 1. The number of carbonyl (C=O) groups excluding carboxylic acids is 1. The van der Waals surface area contributed by atoms with Crippen molar-refractivity contribution in [2.75, 3.05) is 32.7 Å². The van der Waals surface area contributed by atoms with Crippen molar-refractivity contribution in [1.82, 2.24) is 18.9 Å². The van der Waals surface area contributed by atoms with Gasteiger partial charge in [0, 0.05) is 65.8 Å². The predicted octanol–water partition coefficient (Wildman–Crippen LogP) is 12.7. The fraction of sp³-hybridized carbons (Fsp3) is 0.466. The van der Waals surface area contributed by atoms with Gasteiger partial charge in [0.05, 0.1) is 11.0 Å². The zero-order valence-corrected chi connectivity index (χ0v) is 40.9. The van der Waals surface area contributed by atoms with Gasteiger partial charge in [-0.05, 0) is 156 Å². The summed E-state index contributed by atoms with van der Waals surface area (Å²) in [5, 5.41) is 21.7. The van der Waals surface area contributed by atoms with E-state index in [-0.39, 0.29) is 5.78 Å². The molecule has 0 radical (unpaired) electrons. The SMILES string of the molecule is CC(C)CCn1cc(C2CCN(CCCC(=O)c3ccc(C(C)(C)C(=O)O)cc3)CC2)c2ccccc21.CC(C)CCn1cc(C2CCN(Cc3ccccc3C(=O)O)CC2)c2ccccc21. The second-order valence-electron chi connectivity index (χ2n) is 20.6. The van der Waals surface area contributed by atoms with E-state index in [0.717, 1.165) is 83.5 Å². The Labute approximate surface area is 398 Å². The Morgan fingerprint density at radius 3 is 1.58 bits per heavy atom. The van der Waals surface area contributed by atoms with E-state index < -0.39 is 17.4 Å². The fourth-order valence-electron chi connectivity index (χ4n) is 10.1. The van der Waals surface area contributed by atoms with Gasteiger partial charge in [0.1, 0.15) is 0 Å². The maximum atomic E-state index is 12.7. The summed E-state index contributed by atoms with van der Waals surface area (Å²) in [4.78, 5) is 40.6. The zero-order valence-electron chi connectivity index (χ0n) is 40.9. The lowest BCUT2D eigenvalue weighted by Gasteiger charge is -2.32. The summed E-state index contributed by atoms with van der Waals surface area (Å²) >= 11 is 0. The van der Waals surface area contributed by atoms with Crippen molar-refractivity contribution in [1.29, 1.82) is 0 Å². The molecule has 9 heteroatoms. The number of aromatic nitrogens is 2. The summed E-state index contributed by atoms with van der Waals surface area (Å²) in [7, 11) is 0. The van der Waals surface area contributed by atoms with Gasteiger partial charge in [-0.3, -0.25) is 14.5 Å². The summed E-state index contributed by atoms with van der Waals surface area (Å²) in [5.41, 5.74) is 7.45. The number of Topliss-reactive ketones (excluding diaryl/α,β-unsaturated/α-hetero) is 1. The summed E-state index contributed by atoms with van der Waals surface area (Å²) in [6.07, 6.45) is 13.1. The second kappa shape index (κ2) is 22.5. The Kier molecular flexibility index (Phi) is 16.6. The van der Waals surface area contributed by atoms with E-state index in [4.69, 9.17) is 0 Å². The third-order valence-electron chi connectivity index (χ3n) is 14.6. The molecule has 2 N–H and O–H groups in total. The molecule has 2 saturated heterocycles. The number of fused-ring (bicyclic) bond motifs is 2. The van der Waals surface area contributed by atoms with E-state index in [1.807, 2.05) is 12.1 Å². The van der Waals surface area contributed by atoms with Gasteiger partial charge >= 0.3 is 11.9 Å². The van der Waals surface area contributed by atoms with Crippen molar-refractivity contribution in [3.63, 3.8) is 0 Å². The number of aryl methyl sites for hydroxylation is 2. The Morgan fingerprint density at radius 2 is 1.09 bits per heavy atom. The van der Waals surface area contributed by atoms with Crippen LogP contribution in [0.3, 0.4) is 0 Å². The Hall–Kier alpha value is -5.51. The van der Waals surface area contributed by atoms with Crippen LogP contribution in [0, 0.1) is 11.8 Å². The first kappa shape index (κ1) is 49.4. The van der Waals surface area contributed by atoms with Crippen LogP contribution in [-0.2, 0) is 29.8 Å². The molecule has 0 saturated carbocycles. The van der Waals surface area contributed by atoms with Gasteiger partial charge in [0.25, 0.3) is 0 Å². The molecule has 2 aliphatic rings. The van der Waals surface area contributed by atoms with Crippen LogP contribution in [0.1, 0.15) is 148 Å². The summed E-state index contributed by atoms with van der Waals surface area (Å²) in [6.45, 7) is 20.5. The topological polar surface area (TPSA) is 108 Å². The quantitative estimate of drug-likeness (QED) is 0.0827. The van der Waals surface area contributed by atoms with Crippen LogP contribution >= 0.6 is 0 Å². The molecular weight excluding hydrogens is 833 g/mol. The highest BCUT2D eigenvalue weighted by Gasteiger charge is 2.30. The lowest BCUT2D eigenvalue weighted by Crippen LogP contribution is -2.33. The largest absolute Gasteiger partial charge is 0.481 e. The molecule has 2 aromatic heterocycles. The van der Waals surface area contributed by atoms with E-state index >= 15 is 0 Å². The molecule has 0 amide bonds. The van der Waals surface area contributed by atoms with Gasteiger partial charge in [-0.2, -0.15) is 0 Å². The number of para-hydroxylation sites is 2. The van der Waals surface area contributed by atoms with Crippen molar-refractivity contribution in [2.24, 2.45) is 11.8 Å². The van der Waals surface area contributed by atoms with Crippen LogP contribution < -0.4 is 0 Å². The maximum absolute atomic E-state index is 12.7. The molecular formula is C58H74N4O5. The smallest absolute Gasteiger partial charge is 0.336 e. The normalized spacial score (nSPS) is 15.6. The highest BCUT2D eigenvalue weighted by molar-refractivity contribution is 5.96. The number of rotatable bonds is 18. The Bertz CT molecular complexity index is 2580. The summed E-state index contributed by atoms with van der Waals surface area (Å²) in [5.74, 6) is 0.984. The summed E-state index contributed by atoms with van der Waals surface area (Å²) < 4.78 is 4.90. The first-order valence-electron chi connectivity index (χ1n) is 25.0. The number of likely N-dealkylation sites (tertiary alicyclic amines) is 2. The monoisotopic (exact) mass is 907 g/mol. The molecule has 0 unspecified atom stereocenters. The van der Waals surface area contributed by atoms with E-state index in [2.05, 4.69) is 108 Å². The number of carboxylic acids is 2. The van der Waals surface area contributed by atoms with Crippen LogP contribution in [0.2, 0.25) is 0 Å². The van der Waals surface area contributed by atoms with Crippen LogP contribution in [0.4, 0.5) is 0 Å². The van der Waals surface area contributed by atoms with Gasteiger partial charge in [0.2, 0.25) is 0 Å². The molecule has 67 heavy (non-hydrogen) atoms. The maximum Gasteiger partial charge on any atom is 0.336 e. The van der Waals surface area contributed by atoms with Crippen molar-refractivity contribution >= 4 is 39.5 Å². The second-order valence-corrected chi connectivity index (χ2v) is 20.6. The molecule has 4 aromatic carbocycles. The third kappa shape index (κ3) is 12.3. The molecule has 8 rings (SSSR count).